The van der Waals surface area contributed by atoms with Crippen LogP contribution in [0.15, 0.2) is 48.5 Å². The van der Waals surface area contributed by atoms with Gasteiger partial charge in [0, 0.05) is 5.56 Å². The molecular formula is C25H30FNO4. The zero-order valence-corrected chi connectivity index (χ0v) is 18.5. The number of imide groups is 1. The van der Waals surface area contributed by atoms with E-state index in [1.807, 2.05) is 31.2 Å². The summed E-state index contributed by atoms with van der Waals surface area (Å²) in [7, 11) is 0. The molecule has 2 unspecified atom stereocenters. The highest BCUT2D eigenvalue weighted by molar-refractivity contribution is 5.96. The summed E-state index contributed by atoms with van der Waals surface area (Å²) in [5.41, 5.74) is 0.669. The van der Waals surface area contributed by atoms with E-state index in [0.717, 1.165) is 11.1 Å². The molecule has 2 aromatic carbocycles. The Hall–Kier alpha value is -2.73. The Morgan fingerprint density at radius 3 is 2.39 bits per heavy atom. The Morgan fingerprint density at radius 1 is 1.19 bits per heavy atom. The predicted octanol–water partition coefficient (Wildman–Crippen LogP) is 4.96. The molecule has 0 bridgehead atoms. The molecule has 2 atom stereocenters. The third kappa shape index (κ3) is 4.79. The highest BCUT2D eigenvalue weighted by atomic mass is 19.1. The summed E-state index contributed by atoms with van der Waals surface area (Å²) >= 11 is 0. The lowest BCUT2D eigenvalue weighted by molar-refractivity contribution is -0.133. The molecule has 1 N–H and O–H groups in total. The van der Waals surface area contributed by atoms with E-state index in [9.17, 15) is 19.1 Å². The van der Waals surface area contributed by atoms with E-state index in [4.69, 9.17) is 4.74 Å². The highest BCUT2D eigenvalue weighted by Crippen LogP contribution is 2.40. The van der Waals surface area contributed by atoms with Crippen LogP contribution in [0.5, 0.6) is 0 Å². The lowest BCUT2D eigenvalue weighted by Crippen LogP contribution is -2.52. The fourth-order valence-corrected chi connectivity index (χ4v) is 4.24. The molecule has 1 aliphatic rings. The zero-order valence-electron chi connectivity index (χ0n) is 18.5. The van der Waals surface area contributed by atoms with Gasteiger partial charge in [-0.15, -0.1) is 0 Å². The standard InChI is InChI=1S/C25H30FNO4/c1-5-25(15-19(16-28)22(29)27(25)23(30)31-24(2,3)4)14-17-10-12-18(13-11-17)20-8-6-7-9-21(20)26/h6-13,19,28H,5,14-16H2,1-4H3. The topological polar surface area (TPSA) is 66.8 Å². The van der Waals surface area contributed by atoms with Crippen molar-refractivity contribution in [1.82, 2.24) is 4.90 Å². The summed E-state index contributed by atoms with van der Waals surface area (Å²) in [6.45, 7) is 6.88. The van der Waals surface area contributed by atoms with Gasteiger partial charge in [-0.05, 0) is 57.2 Å². The molecule has 0 spiro atoms. The van der Waals surface area contributed by atoms with Crippen LogP contribution in [0.4, 0.5) is 9.18 Å². The number of halogens is 1. The number of amides is 2. The van der Waals surface area contributed by atoms with E-state index in [1.54, 1.807) is 39.0 Å². The zero-order chi connectivity index (χ0) is 22.8. The minimum atomic E-state index is -0.785. The molecule has 5 nitrogen and oxygen atoms in total. The summed E-state index contributed by atoms with van der Waals surface area (Å²) in [6.07, 6.45) is 0.650. The highest BCUT2D eigenvalue weighted by Gasteiger charge is 2.53. The van der Waals surface area contributed by atoms with Gasteiger partial charge in [-0.25, -0.2) is 14.1 Å². The van der Waals surface area contributed by atoms with Gasteiger partial charge in [-0.3, -0.25) is 4.79 Å². The summed E-state index contributed by atoms with van der Waals surface area (Å²) in [5, 5.41) is 9.72. The lowest BCUT2D eigenvalue weighted by atomic mass is 9.83. The number of aliphatic hydroxyl groups is 1. The minimum Gasteiger partial charge on any atom is -0.443 e. The SMILES string of the molecule is CCC1(Cc2ccc(-c3ccccc3F)cc2)CC(CO)C(=O)N1C(=O)OC(C)(C)C. The largest absolute Gasteiger partial charge is 0.443 e. The molecule has 0 aromatic heterocycles. The van der Waals surface area contributed by atoms with Gasteiger partial charge in [-0.2, -0.15) is 0 Å². The normalized spacial score (nSPS) is 21.4. The van der Waals surface area contributed by atoms with Crippen LogP contribution in [-0.2, 0) is 16.0 Å². The first kappa shape index (κ1) is 22.9. The van der Waals surface area contributed by atoms with Crippen molar-refractivity contribution in [3.63, 3.8) is 0 Å². The first-order valence-corrected chi connectivity index (χ1v) is 10.6. The molecule has 1 heterocycles. The van der Waals surface area contributed by atoms with Crippen LogP contribution in [0.1, 0.15) is 46.1 Å². The fourth-order valence-electron chi connectivity index (χ4n) is 4.24. The predicted molar refractivity (Wildman–Crippen MR) is 117 cm³/mol. The van der Waals surface area contributed by atoms with Crippen LogP contribution in [0, 0.1) is 11.7 Å². The van der Waals surface area contributed by atoms with E-state index in [1.165, 1.54) is 11.0 Å². The van der Waals surface area contributed by atoms with Gasteiger partial charge in [0.15, 0.2) is 0 Å². The van der Waals surface area contributed by atoms with Crippen LogP contribution in [0.2, 0.25) is 0 Å². The van der Waals surface area contributed by atoms with Gasteiger partial charge < -0.3 is 9.84 Å². The number of hydrogen-bond donors (Lipinski definition) is 1. The Labute approximate surface area is 182 Å². The van der Waals surface area contributed by atoms with E-state index in [0.29, 0.717) is 24.8 Å². The van der Waals surface area contributed by atoms with E-state index < -0.39 is 29.1 Å². The van der Waals surface area contributed by atoms with E-state index in [-0.39, 0.29) is 12.4 Å². The summed E-state index contributed by atoms with van der Waals surface area (Å²) in [5.74, 6) is -1.32. The second kappa shape index (κ2) is 8.79. The monoisotopic (exact) mass is 427 g/mol. The van der Waals surface area contributed by atoms with Crippen LogP contribution >= 0.6 is 0 Å². The molecule has 3 rings (SSSR count). The Balaban J connectivity index is 1.91. The number of benzene rings is 2. The molecule has 0 aliphatic carbocycles. The second-order valence-electron chi connectivity index (χ2n) is 9.17. The van der Waals surface area contributed by atoms with Gasteiger partial charge in [0.2, 0.25) is 5.91 Å². The minimum absolute atomic E-state index is 0.288. The first-order chi connectivity index (χ1) is 14.6. The molecule has 6 heteroatoms. The van der Waals surface area contributed by atoms with Crippen LogP contribution in [-0.4, -0.2) is 39.8 Å². The van der Waals surface area contributed by atoms with Crippen molar-refractivity contribution >= 4 is 12.0 Å². The Bertz CT molecular complexity index is 951. The lowest BCUT2D eigenvalue weighted by Gasteiger charge is -2.37. The quantitative estimate of drug-likeness (QED) is 0.732. The number of ether oxygens (including phenoxy) is 1. The van der Waals surface area contributed by atoms with Crippen molar-refractivity contribution < 1.29 is 23.8 Å². The molecule has 1 saturated heterocycles. The van der Waals surface area contributed by atoms with Crippen molar-refractivity contribution in [3.8, 4) is 11.1 Å². The molecule has 2 aromatic rings. The molecular weight excluding hydrogens is 397 g/mol. The number of likely N-dealkylation sites (tertiary alicyclic amines) is 1. The molecule has 31 heavy (non-hydrogen) atoms. The van der Waals surface area contributed by atoms with Gasteiger partial charge in [0.05, 0.1) is 18.1 Å². The maximum absolute atomic E-state index is 14.1. The van der Waals surface area contributed by atoms with Crippen molar-refractivity contribution in [1.29, 1.82) is 0 Å². The summed E-state index contributed by atoms with van der Waals surface area (Å²) < 4.78 is 19.6. The maximum atomic E-state index is 14.1. The first-order valence-electron chi connectivity index (χ1n) is 10.6. The second-order valence-corrected chi connectivity index (χ2v) is 9.17. The van der Waals surface area contributed by atoms with Crippen molar-refractivity contribution in [3.05, 3.63) is 59.9 Å². The maximum Gasteiger partial charge on any atom is 0.417 e. The summed E-state index contributed by atoms with van der Waals surface area (Å²) in [6, 6.07) is 14.1. The van der Waals surface area contributed by atoms with Crippen molar-refractivity contribution in [2.75, 3.05) is 6.61 Å². The molecule has 0 radical (unpaired) electrons. The van der Waals surface area contributed by atoms with Crippen molar-refractivity contribution in [2.45, 2.75) is 58.1 Å². The fraction of sp³-hybridized carbons (Fsp3) is 0.440. The van der Waals surface area contributed by atoms with E-state index >= 15 is 0 Å². The average molecular weight is 428 g/mol. The van der Waals surface area contributed by atoms with E-state index in [2.05, 4.69) is 0 Å². The number of rotatable bonds is 5. The summed E-state index contributed by atoms with van der Waals surface area (Å²) in [4.78, 5) is 27.1. The van der Waals surface area contributed by atoms with Crippen LogP contribution < -0.4 is 0 Å². The van der Waals surface area contributed by atoms with Crippen LogP contribution in [0.3, 0.4) is 0 Å². The van der Waals surface area contributed by atoms with Gasteiger partial charge in [0.25, 0.3) is 0 Å². The molecule has 166 valence electrons. The smallest absolute Gasteiger partial charge is 0.417 e. The number of hydrogen-bond acceptors (Lipinski definition) is 4. The Morgan fingerprint density at radius 2 is 1.84 bits per heavy atom. The van der Waals surface area contributed by atoms with Gasteiger partial charge in [0.1, 0.15) is 11.4 Å². The number of nitrogens with zero attached hydrogens (tertiary/aromatic N) is 1. The molecule has 2 amide bonds. The van der Waals surface area contributed by atoms with Gasteiger partial charge in [-0.1, -0.05) is 49.4 Å². The number of carbonyl (C=O) groups is 2. The number of carbonyl (C=O) groups excluding carboxylic acids is 2. The van der Waals surface area contributed by atoms with Crippen molar-refractivity contribution in [2.24, 2.45) is 5.92 Å². The number of aliphatic hydroxyl groups excluding tert-OH is 1. The average Bonchev–Trinajstić information content (AvgIpc) is 2.99. The third-order valence-electron chi connectivity index (χ3n) is 5.80. The van der Waals surface area contributed by atoms with Gasteiger partial charge >= 0.3 is 6.09 Å². The Kier molecular flexibility index (Phi) is 6.51. The molecule has 0 saturated carbocycles. The van der Waals surface area contributed by atoms with Crippen LogP contribution in [0.25, 0.3) is 11.1 Å². The molecule has 1 aliphatic heterocycles. The third-order valence-corrected chi connectivity index (χ3v) is 5.80. The molecule has 1 fully saturated rings.